The molecule has 19 heavy (non-hydrogen) atoms. The van der Waals surface area contributed by atoms with Crippen LogP contribution in [0, 0.1) is 25.3 Å². The molecule has 98 valence electrons. The molecule has 0 aliphatic rings. The van der Waals surface area contributed by atoms with Crippen LogP contribution in [-0.2, 0) is 0 Å². The first-order valence-electron chi connectivity index (χ1n) is 5.09. The SMILES string of the molecule is Nc1ccc(I)cc1-c1cc(F)cc(F)c1[N+](=O)[O-]. The van der Waals surface area contributed by atoms with E-state index in [0.717, 1.165) is 9.64 Å². The van der Waals surface area contributed by atoms with Gasteiger partial charge in [0.05, 0.1) is 10.5 Å². The normalized spacial score (nSPS) is 10.5. The first kappa shape index (κ1) is 13.7. The summed E-state index contributed by atoms with van der Waals surface area (Å²) in [6, 6.07) is 6.15. The summed E-state index contributed by atoms with van der Waals surface area (Å²) in [5.41, 5.74) is 5.22. The minimum absolute atomic E-state index is 0.168. The molecule has 0 aliphatic heterocycles. The monoisotopic (exact) mass is 376 g/mol. The lowest BCUT2D eigenvalue weighted by Gasteiger charge is -2.08. The summed E-state index contributed by atoms with van der Waals surface area (Å²) in [5, 5.41) is 10.9. The molecule has 2 aromatic rings. The van der Waals surface area contributed by atoms with Crippen LogP contribution in [0.4, 0.5) is 20.2 Å². The molecule has 0 saturated heterocycles. The molecule has 0 bridgehead atoms. The molecule has 0 fully saturated rings. The number of halogens is 3. The molecule has 4 nitrogen and oxygen atoms in total. The lowest BCUT2D eigenvalue weighted by molar-refractivity contribution is -0.386. The van der Waals surface area contributed by atoms with Crippen molar-refractivity contribution in [2.75, 3.05) is 5.73 Å². The Kier molecular flexibility index (Phi) is 3.65. The van der Waals surface area contributed by atoms with Gasteiger partial charge in [-0.05, 0) is 46.9 Å². The Balaban J connectivity index is 2.81. The second kappa shape index (κ2) is 5.08. The van der Waals surface area contributed by atoms with Crippen LogP contribution >= 0.6 is 22.6 Å². The highest BCUT2D eigenvalue weighted by Crippen LogP contribution is 2.36. The molecule has 0 radical (unpaired) electrons. The van der Waals surface area contributed by atoms with Gasteiger partial charge in [0.2, 0.25) is 5.82 Å². The van der Waals surface area contributed by atoms with Gasteiger partial charge in [-0.2, -0.15) is 4.39 Å². The third-order valence-electron chi connectivity index (χ3n) is 2.52. The maximum atomic E-state index is 13.6. The van der Waals surface area contributed by atoms with E-state index in [1.807, 2.05) is 22.6 Å². The summed E-state index contributed by atoms with van der Waals surface area (Å²) in [6.45, 7) is 0. The van der Waals surface area contributed by atoms with E-state index in [4.69, 9.17) is 5.73 Å². The number of nitrogen functional groups attached to an aromatic ring is 1. The largest absolute Gasteiger partial charge is 0.398 e. The van der Waals surface area contributed by atoms with Crippen molar-refractivity contribution in [2.24, 2.45) is 0 Å². The topological polar surface area (TPSA) is 69.2 Å². The maximum absolute atomic E-state index is 13.6. The number of nitrogens with zero attached hydrogens (tertiary/aromatic N) is 1. The highest BCUT2D eigenvalue weighted by Gasteiger charge is 2.24. The molecule has 0 amide bonds. The van der Waals surface area contributed by atoms with Gasteiger partial charge in [-0.3, -0.25) is 10.1 Å². The van der Waals surface area contributed by atoms with Crippen LogP contribution < -0.4 is 5.73 Å². The van der Waals surface area contributed by atoms with E-state index in [2.05, 4.69) is 0 Å². The van der Waals surface area contributed by atoms with Crippen molar-refractivity contribution in [3.63, 3.8) is 0 Å². The molecule has 0 aliphatic carbocycles. The smallest absolute Gasteiger partial charge is 0.312 e. The number of hydrogen-bond acceptors (Lipinski definition) is 3. The van der Waals surface area contributed by atoms with Crippen LogP contribution in [0.15, 0.2) is 30.3 Å². The zero-order chi connectivity index (χ0) is 14.2. The zero-order valence-corrected chi connectivity index (χ0v) is 11.5. The standard InChI is InChI=1S/C12H7F2IN2O2/c13-6-3-9(12(17(18)19)10(14)4-6)8-5-7(15)1-2-11(8)16/h1-5H,16H2. The molecule has 2 N–H and O–H groups in total. The summed E-state index contributed by atoms with van der Waals surface area (Å²) in [6.07, 6.45) is 0. The third kappa shape index (κ3) is 2.65. The van der Waals surface area contributed by atoms with Crippen LogP contribution in [0.5, 0.6) is 0 Å². The number of nitro benzene ring substituents is 1. The van der Waals surface area contributed by atoms with Crippen LogP contribution in [-0.4, -0.2) is 4.92 Å². The molecule has 0 spiro atoms. The Hall–Kier alpha value is -1.77. The highest BCUT2D eigenvalue weighted by atomic mass is 127. The van der Waals surface area contributed by atoms with E-state index in [0.29, 0.717) is 6.07 Å². The van der Waals surface area contributed by atoms with Crippen molar-refractivity contribution >= 4 is 34.0 Å². The van der Waals surface area contributed by atoms with Crippen LogP contribution in [0.25, 0.3) is 11.1 Å². The molecular weight excluding hydrogens is 369 g/mol. The van der Waals surface area contributed by atoms with Gasteiger partial charge in [-0.1, -0.05) is 0 Å². The summed E-state index contributed by atoms with van der Waals surface area (Å²) in [7, 11) is 0. The molecule has 0 unspecified atom stereocenters. The van der Waals surface area contributed by atoms with Crippen LogP contribution in [0.2, 0.25) is 0 Å². The first-order valence-corrected chi connectivity index (χ1v) is 6.17. The van der Waals surface area contributed by atoms with Crippen molar-refractivity contribution in [3.8, 4) is 11.1 Å². The van der Waals surface area contributed by atoms with Gasteiger partial charge in [-0.25, -0.2) is 4.39 Å². The molecule has 7 heteroatoms. The number of benzene rings is 2. The average Bonchev–Trinajstić information content (AvgIpc) is 2.30. The van der Waals surface area contributed by atoms with Gasteiger partial charge in [0.25, 0.3) is 0 Å². The third-order valence-corrected chi connectivity index (χ3v) is 3.19. The Morgan fingerprint density at radius 3 is 2.47 bits per heavy atom. The molecule has 2 aromatic carbocycles. The van der Waals surface area contributed by atoms with E-state index in [1.165, 1.54) is 12.1 Å². The second-order valence-corrected chi connectivity index (χ2v) is 5.02. The number of anilines is 1. The maximum Gasteiger partial charge on any atom is 0.312 e. The summed E-state index contributed by atoms with van der Waals surface area (Å²) < 4.78 is 27.6. The molecule has 0 saturated carbocycles. The minimum Gasteiger partial charge on any atom is -0.398 e. The molecule has 2 rings (SSSR count). The fourth-order valence-electron chi connectivity index (χ4n) is 1.72. The average molecular weight is 376 g/mol. The Morgan fingerprint density at radius 2 is 1.84 bits per heavy atom. The van der Waals surface area contributed by atoms with Crippen molar-refractivity contribution in [3.05, 3.63) is 55.7 Å². The van der Waals surface area contributed by atoms with Gasteiger partial charge in [0.15, 0.2) is 0 Å². The van der Waals surface area contributed by atoms with Crippen LogP contribution in [0.3, 0.4) is 0 Å². The van der Waals surface area contributed by atoms with Crippen molar-refractivity contribution in [1.29, 1.82) is 0 Å². The Morgan fingerprint density at radius 1 is 1.16 bits per heavy atom. The predicted octanol–water partition coefficient (Wildman–Crippen LogP) is 3.73. The summed E-state index contributed by atoms with van der Waals surface area (Å²) in [4.78, 5) is 10.0. The number of rotatable bonds is 2. The lowest BCUT2D eigenvalue weighted by Crippen LogP contribution is -1.99. The quantitative estimate of drug-likeness (QED) is 0.376. The van der Waals surface area contributed by atoms with Crippen molar-refractivity contribution in [1.82, 2.24) is 0 Å². The second-order valence-electron chi connectivity index (χ2n) is 3.77. The lowest BCUT2D eigenvalue weighted by atomic mass is 10.0. The molecule has 0 heterocycles. The Labute approximate surface area is 120 Å². The van der Waals surface area contributed by atoms with Crippen LogP contribution in [0.1, 0.15) is 0 Å². The summed E-state index contributed by atoms with van der Waals surface area (Å²) in [5.74, 6) is -2.12. The number of hydrogen-bond donors (Lipinski definition) is 1. The minimum atomic E-state index is -1.22. The first-order chi connectivity index (χ1) is 8.90. The fourth-order valence-corrected chi connectivity index (χ4v) is 2.21. The number of nitrogens with two attached hydrogens (primary N) is 1. The van der Waals surface area contributed by atoms with E-state index in [-0.39, 0.29) is 16.8 Å². The number of nitro groups is 1. The van der Waals surface area contributed by atoms with Crippen molar-refractivity contribution in [2.45, 2.75) is 0 Å². The molecule has 0 atom stereocenters. The fraction of sp³-hybridized carbons (Fsp3) is 0. The van der Waals surface area contributed by atoms with Gasteiger partial charge in [0.1, 0.15) is 5.82 Å². The van der Waals surface area contributed by atoms with Crippen molar-refractivity contribution < 1.29 is 13.7 Å². The van der Waals surface area contributed by atoms with E-state index in [9.17, 15) is 18.9 Å². The van der Waals surface area contributed by atoms with Gasteiger partial charge in [0, 0.05) is 20.9 Å². The van der Waals surface area contributed by atoms with E-state index >= 15 is 0 Å². The van der Waals surface area contributed by atoms with E-state index in [1.54, 1.807) is 6.07 Å². The highest BCUT2D eigenvalue weighted by molar-refractivity contribution is 14.1. The van der Waals surface area contributed by atoms with Gasteiger partial charge in [-0.15, -0.1) is 0 Å². The van der Waals surface area contributed by atoms with E-state index < -0.39 is 22.2 Å². The molecule has 0 aromatic heterocycles. The van der Waals surface area contributed by atoms with Gasteiger partial charge >= 0.3 is 5.69 Å². The predicted molar refractivity (Wildman–Crippen MR) is 75.6 cm³/mol. The van der Waals surface area contributed by atoms with Gasteiger partial charge < -0.3 is 5.73 Å². The molecular formula is C12H7F2IN2O2. The Bertz CT molecular complexity index is 677. The summed E-state index contributed by atoms with van der Waals surface area (Å²) >= 11 is 1.98. The zero-order valence-electron chi connectivity index (χ0n) is 9.36.